The zero-order valence-electron chi connectivity index (χ0n) is 9.68. The summed E-state index contributed by atoms with van der Waals surface area (Å²) in [5.41, 5.74) is 0.769. The molecule has 90 valence electrons. The molecule has 0 aliphatic carbocycles. The van der Waals surface area contributed by atoms with Crippen molar-refractivity contribution in [2.45, 2.75) is 12.5 Å². The van der Waals surface area contributed by atoms with E-state index in [0.29, 0.717) is 4.41 Å². The summed E-state index contributed by atoms with van der Waals surface area (Å²) in [4.78, 5) is 11.4. The first kappa shape index (κ1) is 15.3. The quantitative estimate of drug-likeness (QED) is 0.433. The minimum absolute atomic E-state index is 0. The van der Waals surface area contributed by atoms with Crippen molar-refractivity contribution in [1.82, 2.24) is 4.41 Å². The second kappa shape index (κ2) is 5.94. The fourth-order valence-corrected chi connectivity index (χ4v) is 2.27. The van der Waals surface area contributed by atoms with Crippen molar-refractivity contribution >= 4 is 22.3 Å². The molecule has 1 aliphatic rings. The van der Waals surface area contributed by atoms with Gasteiger partial charge < -0.3 is 4.55 Å². The zero-order chi connectivity index (χ0) is 12.5. The van der Waals surface area contributed by atoms with Gasteiger partial charge in [0, 0.05) is 6.42 Å². The first-order chi connectivity index (χ1) is 7.98. The van der Waals surface area contributed by atoms with Crippen LogP contribution in [0.15, 0.2) is 35.4 Å². The molecule has 0 radical (unpaired) electrons. The molecule has 0 saturated heterocycles. The van der Waals surface area contributed by atoms with E-state index in [1.165, 1.54) is 0 Å². The van der Waals surface area contributed by atoms with Crippen molar-refractivity contribution in [3.8, 4) is 0 Å². The fourth-order valence-electron chi connectivity index (χ4n) is 1.62. The molecule has 0 N–H and O–H groups in total. The monoisotopic (exact) mass is 276 g/mol. The van der Waals surface area contributed by atoms with Gasteiger partial charge in [-0.2, -0.15) is 9.52 Å². The van der Waals surface area contributed by atoms with Crippen LogP contribution in [0.4, 0.5) is 0 Å². The molecule has 1 heterocycles. The second-order valence-electron chi connectivity index (χ2n) is 3.58. The first-order valence-corrected chi connectivity index (χ1v) is 6.22. The average Bonchev–Trinajstić information content (AvgIpc) is 2.62. The van der Waals surface area contributed by atoms with E-state index in [9.17, 15) is 17.8 Å². The Morgan fingerprint density at radius 3 is 2.44 bits per heavy atom. The molecule has 1 atom stereocenters. The Kier molecular flexibility index (Phi) is 5.06. The summed E-state index contributed by atoms with van der Waals surface area (Å²) in [5, 5.41) is 3.32. The molecule has 8 heteroatoms. The topological polar surface area (TPSA) is 89.9 Å². The number of hydrogen-bond donors (Lipinski definition) is 0. The molecule has 0 bridgehead atoms. The molecule has 2 rings (SSSR count). The van der Waals surface area contributed by atoms with Crippen LogP contribution in [0.25, 0.3) is 0 Å². The predicted molar refractivity (Wildman–Crippen MR) is 59.0 cm³/mol. The number of ketones is 1. The van der Waals surface area contributed by atoms with Gasteiger partial charge in [0.2, 0.25) is 5.78 Å². The number of carbonyl (C=O) groups excluding carboxylic acids is 1. The van der Waals surface area contributed by atoms with Gasteiger partial charge in [-0.15, -0.1) is 0 Å². The minimum Gasteiger partial charge on any atom is -0.730 e. The van der Waals surface area contributed by atoms with E-state index in [1.807, 2.05) is 0 Å². The number of benzene rings is 1. The van der Waals surface area contributed by atoms with Crippen LogP contribution in [0.1, 0.15) is 5.56 Å². The molecule has 1 aromatic carbocycles. The first-order valence-electron chi connectivity index (χ1n) is 4.85. The summed E-state index contributed by atoms with van der Waals surface area (Å²) in [6.45, 7) is 0. The third kappa shape index (κ3) is 3.39. The van der Waals surface area contributed by atoms with Gasteiger partial charge in [-0.1, -0.05) is 30.3 Å². The summed E-state index contributed by atoms with van der Waals surface area (Å²) < 4.78 is 33.0. The Balaban J connectivity index is 0.00000162. The summed E-state index contributed by atoms with van der Waals surface area (Å²) >= 11 is 0. The van der Waals surface area contributed by atoms with Crippen LogP contribution in [0.3, 0.4) is 0 Å². The molecule has 1 unspecified atom stereocenters. The van der Waals surface area contributed by atoms with Gasteiger partial charge >= 0.3 is 29.6 Å². The van der Waals surface area contributed by atoms with Gasteiger partial charge in [0.15, 0.2) is 10.3 Å². The van der Waals surface area contributed by atoms with Crippen LogP contribution in [0.5, 0.6) is 0 Å². The Morgan fingerprint density at radius 2 is 1.89 bits per heavy atom. The van der Waals surface area contributed by atoms with E-state index in [4.69, 9.17) is 0 Å². The summed E-state index contributed by atoms with van der Waals surface area (Å²) in [6.07, 6.45) is 1.00. The number of rotatable bonds is 3. The molecule has 0 spiro atoms. The average molecular weight is 276 g/mol. The van der Waals surface area contributed by atoms with Crippen molar-refractivity contribution in [2.75, 3.05) is 0 Å². The van der Waals surface area contributed by atoms with Gasteiger partial charge in [-0.3, -0.25) is 4.79 Å². The van der Waals surface area contributed by atoms with Gasteiger partial charge in [-0.05, 0) is 5.56 Å². The molecule has 1 aliphatic heterocycles. The standard InChI is InChI=1S/C10H10N2O4S.Na/c13-10-7-11-12(17(14,15)16)9(10)6-8-4-2-1-3-5-8;/h1-5,7,9H,6H2,(H,14,15,16);/q;+1/p-1. The van der Waals surface area contributed by atoms with Crippen molar-refractivity contribution < 1.29 is 47.3 Å². The Morgan fingerprint density at radius 1 is 1.28 bits per heavy atom. The van der Waals surface area contributed by atoms with Crippen LogP contribution in [-0.4, -0.2) is 35.4 Å². The van der Waals surface area contributed by atoms with Crippen molar-refractivity contribution in [3.63, 3.8) is 0 Å². The van der Waals surface area contributed by atoms with E-state index in [-0.39, 0.29) is 36.0 Å². The van der Waals surface area contributed by atoms with Crippen molar-refractivity contribution in [3.05, 3.63) is 35.9 Å². The maximum atomic E-state index is 11.4. The normalized spacial score (nSPS) is 18.8. The van der Waals surface area contributed by atoms with Crippen LogP contribution in [0.2, 0.25) is 0 Å². The molecule has 0 aromatic heterocycles. The third-order valence-electron chi connectivity index (χ3n) is 2.39. The van der Waals surface area contributed by atoms with E-state index in [1.54, 1.807) is 30.3 Å². The van der Waals surface area contributed by atoms with Gasteiger partial charge in [0.1, 0.15) is 6.04 Å². The minimum atomic E-state index is -4.74. The summed E-state index contributed by atoms with van der Waals surface area (Å²) in [5.74, 6) is -0.478. The molecular weight excluding hydrogens is 267 g/mol. The summed E-state index contributed by atoms with van der Waals surface area (Å²) in [6, 6.07) is 7.79. The molecule has 0 fully saturated rings. The Bertz CT molecular complexity index is 559. The number of nitrogens with zero attached hydrogens (tertiary/aromatic N) is 2. The molecule has 6 nitrogen and oxygen atoms in total. The number of Topliss-reactive ketones (excluding diaryl/α,β-unsaturated/α-hetero) is 1. The largest absolute Gasteiger partial charge is 1.00 e. The van der Waals surface area contributed by atoms with Crippen LogP contribution < -0.4 is 29.6 Å². The molecule has 0 saturated carbocycles. The van der Waals surface area contributed by atoms with Crippen molar-refractivity contribution in [2.24, 2.45) is 5.10 Å². The Labute approximate surface area is 127 Å². The Hall–Kier alpha value is -0.730. The molecule has 18 heavy (non-hydrogen) atoms. The number of carbonyl (C=O) groups is 1. The molecule has 1 aromatic rings. The van der Waals surface area contributed by atoms with Gasteiger partial charge in [0.05, 0.1) is 6.21 Å². The van der Waals surface area contributed by atoms with E-state index < -0.39 is 22.1 Å². The van der Waals surface area contributed by atoms with Gasteiger partial charge in [-0.25, -0.2) is 8.42 Å². The third-order valence-corrected chi connectivity index (χ3v) is 3.20. The van der Waals surface area contributed by atoms with Crippen molar-refractivity contribution in [1.29, 1.82) is 0 Å². The van der Waals surface area contributed by atoms with E-state index in [2.05, 4.69) is 5.10 Å². The molecule has 0 amide bonds. The van der Waals surface area contributed by atoms with E-state index >= 15 is 0 Å². The molecular formula is C10H9N2NaO4S. The predicted octanol–water partition coefficient (Wildman–Crippen LogP) is -3.07. The van der Waals surface area contributed by atoms with Crippen LogP contribution >= 0.6 is 0 Å². The number of hydrogen-bond acceptors (Lipinski definition) is 5. The van der Waals surface area contributed by atoms with Crippen LogP contribution in [0, 0.1) is 0 Å². The zero-order valence-corrected chi connectivity index (χ0v) is 12.5. The summed E-state index contributed by atoms with van der Waals surface area (Å²) in [7, 11) is -4.74. The van der Waals surface area contributed by atoms with Gasteiger partial charge in [0.25, 0.3) is 0 Å². The second-order valence-corrected chi connectivity index (χ2v) is 4.81. The number of hydrazone groups is 1. The van der Waals surface area contributed by atoms with E-state index in [0.717, 1.165) is 11.8 Å². The smallest absolute Gasteiger partial charge is 0.730 e. The fraction of sp³-hybridized carbons (Fsp3) is 0.200. The SMILES string of the molecule is O=C1C=NN(S(=O)(=O)[O-])C1Cc1ccccc1.[Na+]. The maximum absolute atomic E-state index is 11.4. The van der Waals surface area contributed by atoms with Crippen LogP contribution in [-0.2, 0) is 21.5 Å². The maximum Gasteiger partial charge on any atom is 1.00 e.